The number of amides is 3. The summed E-state index contributed by atoms with van der Waals surface area (Å²) >= 11 is 3.05. The molecular weight excluding hydrogens is 431 g/mol. The number of urea groups is 1. The zero-order valence-corrected chi connectivity index (χ0v) is 16.8. The average Bonchev–Trinajstić information content (AvgIpc) is 2.54. The molecule has 2 rings (SSSR count). The quantitative estimate of drug-likeness (QED) is 0.680. The molecule has 3 amide bonds. The number of nitrogens with one attached hydrogen (secondary N) is 1. The lowest BCUT2D eigenvalue weighted by Gasteiger charge is -2.35. The van der Waals surface area contributed by atoms with Crippen LogP contribution in [0.25, 0.3) is 0 Å². The van der Waals surface area contributed by atoms with E-state index in [-0.39, 0.29) is 10.2 Å². The van der Waals surface area contributed by atoms with Crippen LogP contribution in [-0.4, -0.2) is 53.7 Å². The van der Waals surface area contributed by atoms with Crippen LogP contribution >= 0.6 is 15.9 Å². The molecule has 1 heterocycles. The zero-order chi connectivity index (χ0) is 20.4. The van der Waals surface area contributed by atoms with Crippen molar-refractivity contribution in [2.24, 2.45) is 0 Å². The predicted molar refractivity (Wildman–Crippen MR) is 97.5 cm³/mol. The van der Waals surface area contributed by atoms with Gasteiger partial charge in [-0.05, 0) is 54.9 Å². The minimum atomic E-state index is -4.46. The van der Waals surface area contributed by atoms with E-state index in [1.165, 1.54) is 15.9 Å². The second-order valence-electron chi connectivity index (χ2n) is 7.08. The highest BCUT2D eigenvalue weighted by Gasteiger charge is 2.31. The maximum Gasteiger partial charge on any atom is 0.416 e. The third kappa shape index (κ3) is 6.02. The topological polar surface area (TPSA) is 61.9 Å². The Morgan fingerprint density at radius 2 is 1.63 bits per heavy atom. The standard InChI is InChI=1S/C17H21BrF3N3O3/c1-16(2,3)27-15(26)24-8-6-23(7-9-24)14(25)22-13-5-4-11(10-12(13)18)17(19,20)21/h4-5,10H,6-9H2,1-3H3,(H,22,25). The number of hydrogen-bond donors (Lipinski definition) is 1. The number of carbonyl (C=O) groups is 2. The van der Waals surface area contributed by atoms with Crippen LogP contribution in [0.1, 0.15) is 26.3 Å². The number of nitrogens with zero attached hydrogens (tertiary/aromatic N) is 2. The highest BCUT2D eigenvalue weighted by Crippen LogP contribution is 2.34. The summed E-state index contributed by atoms with van der Waals surface area (Å²) in [5.41, 5.74) is -1.17. The summed E-state index contributed by atoms with van der Waals surface area (Å²) in [5, 5.41) is 2.58. The van der Waals surface area contributed by atoms with E-state index in [4.69, 9.17) is 4.74 Å². The number of anilines is 1. The van der Waals surface area contributed by atoms with Gasteiger partial charge in [-0.1, -0.05) is 0 Å². The van der Waals surface area contributed by atoms with Gasteiger partial charge < -0.3 is 19.9 Å². The highest BCUT2D eigenvalue weighted by atomic mass is 79.9. The van der Waals surface area contributed by atoms with Crippen molar-refractivity contribution in [2.45, 2.75) is 32.5 Å². The summed E-state index contributed by atoms with van der Waals surface area (Å²) in [7, 11) is 0. The number of ether oxygens (including phenoxy) is 1. The van der Waals surface area contributed by atoms with Gasteiger partial charge in [0.15, 0.2) is 0 Å². The Hall–Kier alpha value is -1.97. The molecule has 6 nitrogen and oxygen atoms in total. The van der Waals surface area contributed by atoms with E-state index >= 15 is 0 Å². The van der Waals surface area contributed by atoms with Crippen LogP contribution in [0.4, 0.5) is 28.4 Å². The van der Waals surface area contributed by atoms with Crippen LogP contribution in [-0.2, 0) is 10.9 Å². The third-order valence-electron chi connectivity index (χ3n) is 3.76. The predicted octanol–water partition coefficient (Wildman–Crippen LogP) is 4.55. The first-order valence-electron chi connectivity index (χ1n) is 8.27. The number of halogens is 4. The van der Waals surface area contributed by atoms with Crippen molar-refractivity contribution in [1.82, 2.24) is 9.80 Å². The Labute approximate surface area is 163 Å². The summed E-state index contributed by atoms with van der Waals surface area (Å²) in [6.45, 7) is 6.54. The van der Waals surface area contributed by atoms with Crippen molar-refractivity contribution < 1.29 is 27.5 Å². The van der Waals surface area contributed by atoms with E-state index in [9.17, 15) is 22.8 Å². The molecule has 1 saturated heterocycles. The van der Waals surface area contributed by atoms with Gasteiger partial charge in [0.2, 0.25) is 0 Å². The van der Waals surface area contributed by atoms with Crippen LogP contribution in [0.2, 0.25) is 0 Å². The molecule has 1 aliphatic heterocycles. The number of carbonyl (C=O) groups excluding carboxylic acids is 2. The van der Waals surface area contributed by atoms with Crippen LogP contribution in [0.15, 0.2) is 22.7 Å². The normalized spacial score (nSPS) is 15.5. The van der Waals surface area contributed by atoms with Gasteiger partial charge >= 0.3 is 18.3 Å². The fourth-order valence-electron chi connectivity index (χ4n) is 2.41. The van der Waals surface area contributed by atoms with E-state index in [0.717, 1.165) is 12.1 Å². The first kappa shape index (κ1) is 21.3. The maximum atomic E-state index is 12.7. The Kier molecular flexibility index (Phi) is 6.28. The molecule has 0 aliphatic carbocycles. The first-order valence-corrected chi connectivity index (χ1v) is 9.07. The van der Waals surface area contributed by atoms with E-state index in [1.54, 1.807) is 20.8 Å². The summed E-state index contributed by atoms with van der Waals surface area (Å²) in [4.78, 5) is 27.4. The van der Waals surface area contributed by atoms with Gasteiger partial charge in [-0.2, -0.15) is 13.2 Å². The number of piperazine rings is 1. The van der Waals surface area contributed by atoms with E-state index in [2.05, 4.69) is 21.2 Å². The fourth-order valence-corrected chi connectivity index (χ4v) is 2.88. The molecule has 1 fully saturated rings. The molecule has 10 heteroatoms. The lowest BCUT2D eigenvalue weighted by Crippen LogP contribution is -2.52. The van der Waals surface area contributed by atoms with E-state index in [1.807, 2.05) is 0 Å². The van der Waals surface area contributed by atoms with E-state index in [0.29, 0.717) is 26.2 Å². The van der Waals surface area contributed by atoms with Crippen LogP contribution in [0, 0.1) is 0 Å². The molecule has 0 spiro atoms. The van der Waals surface area contributed by atoms with Gasteiger partial charge in [0.25, 0.3) is 0 Å². The molecule has 1 aromatic rings. The lowest BCUT2D eigenvalue weighted by atomic mass is 10.2. The summed E-state index contributed by atoms with van der Waals surface area (Å²) in [5.74, 6) is 0. The Balaban J connectivity index is 1.92. The Morgan fingerprint density at radius 3 is 2.11 bits per heavy atom. The third-order valence-corrected chi connectivity index (χ3v) is 4.41. The van der Waals surface area contributed by atoms with Gasteiger partial charge in [-0.15, -0.1) is 0 Å². The second kappa shape index (κ2) is 7.95. The SMILES string of the molecule is CC(C)(C)OC(=O)N1CCN(C(=O)Nc2ccc(C(F)(F)F)cc2Br)CC1. The summed E-state index contributed by atoms with van der Waals surface area (Å²) in [6.07, 6.45) is -4.89. The van der Waals surface area contributed by atoms with Gasteiger partial charge in [0.1, 0.15) is 5.60 Å². The number of hydrogen-bond acceptors (Lipinski definition) is 3. The van der Waals surface area contributed by atoms with Gasteiger partial charge in [0.05, 0.1) is 11.3 Å². The minimum absolute atomic E-state index is 0.137. The maximum absolute atomic E-state index is 12.7. The highest BCUT2D eigenvalue weighted by molar-refractivity contribution is 9.10. The van der Waals surface area contributed by atoms with E-state index < -0.39 is 29.5 Å². The van der Waals surface area contributed by atoms with Gasteiger partial charge in [-0.25, -0.2) is 9.59 Å². The summed E-state index contributed by atoms with van der Waals surface area (Å²) in [6, 6.07) is 2.57. The molecule has 1 aromatic carbocycles. The largest absolute Gasteiger partial charge is 0.444 e. The van der Waals surface area contributed by atoms with Crippen LogP contribution < -0.4 is 5.32 Å². The Morgan fingerprint density at radius 1 is 1.07 bits per heavy atom. The van der Waals surface area contributed by atoms with Gasteiger partial charge in [-0.3, -0.25) is 0 Å². The van der Waals surface area contributed by atoms with Crippen molar-refractivity contribution in [1.29, 1.82) is 0 Å². The molecule has 1 aliphatic rings. The number of alkyl halides is 3. The van der Waals surface area contributed by atoms with Crippen molar-refractivity contribution in [3.05, 3.63) is 28.2 Å². The molecule has 0 bridgehead atoms. The van der Waals surface area contributed by atoms with Gasteiger partial charge in [0, 0.05) is 30.7 Å². The molecule has 0 saturated carbocycles. The van der Waals surface area contributed by atoms with Crippen LogP contribution in [0.5, 0.6) is 0 Å². The monoisotopic (exact) mass is 451 g/mol. The fraction of sp³-hybridized carbons (Fsp3) is 0.529. The van der Waals surface area contributed by atoms with Crippen molar-refractivity contribution in [3.63, 3.8) is 0 Å². The van der Waals surface area contributed by atoms with Crippen molar-refractivity contribution in [3.8, 4) is 0 Å². The summed E-state index contributed by atoms with van der Waals surface area (Å²) < 4.78 is 43.5. The van der Waals surface area contributed by atoms with Crippen molar-refractivity contribution in [2.75, 3.05) is 31.5 Å². The molecule has 1 N–H and O–H groups in total. The van der Waals surface area contributed by atoms with Crippen molar-refractivity contribution >= 4 is 33.7 Å². The zero-order valence-electron chi connectivity index (χ0n) is 15.2. The molecule has 0 atom stereocenters. The molecule has 0 aromatic heterocycles. The molecular formula is C17H21BrF3N3O3. The average molecular weight is 452 g/mol. The van der Waals surface area contributed by atoms with Crippen LogP contribution in [0.3, 0.4) is 0 Å². The lowest BCUT2D eigenvalue weighted by molar-refractivity contribution is -0.137. The number of rotatable bonds is 1. The second-order valence-corrected chi connectivity index (χ2v) is 7.93. The molecule has 27 heavy (non-hydrogen) atoms. The first-order chi connectivity index (χ1) is 12.4. The minimum Gasteiger partial charge on any atom is -0.444 e. The molecule has 0 radical (unpaired) electrons. The molecule has 150 valence electrons. The Bertz CT molecular complexity index is 712. The molecule has 0 unspecified atom stereocenters. The smallest absolute Gasteiger partial charge is 0.416 e. The number of benzene rings is 1.